The van der Waals surface area contributed by atoms with Gasteiger partial charge in [-0.2, -0.15) is 17.0 Å². The Hall–Kier alpha value is -1.07. The fraction of sp³-hybridized carbons (Fsp3) is 0.733. The first kappa shape index (κ1) is 18.7. The lowest BCUT2D eigenvalue weighted by atomic mass is 10.0. The Bertz CT molecular complexity index is 750. The third kappa shape index (κ3) is 2.99. The number of carbonyl (C=O) groups excluding carboxylic acids is 1. The summed E-state index contributed by atoms with van der Waals surface area (Å²) in [6.45, 7) is 4.45. The van der Waals surface area contributed by atoms with Gasteiger partial charge in [-0.15, -0.1) is 0 Å². The topological polar surface area (TPSA) is 94.1 Å². The minimum absolute atomic E-state index is 0.105. The highest BCUT2D eigenvalue weighted by Gasteiger charge is 2.56. The number of aliphatic hydroxyl groups is 1. The number of rotatable bonds is 6. The molecule has 10 heteroatoms. The molecule has 2 aliphatic rings. The van der Waals surface area contributed by atoms with Crippen molar-refractivity contribution in [3.8, 4) is 0 Å². The van der Waals surface area contributed by atoms with Crippen LogP contribution in [0.15, 0.2) is 6.20 Å². The summed E-state index contributed by atoms with van der Waals surface area (Å²) < 4.78 is 28.6. The van der Waals surface area contributed by atoms with Crippen LogP contribution in [0.4, 0.5) is 5.13 Å². The van der Waals surface area contributed by atoms with Gasteiger partial charge in [0, 0.05) is 26.3 Å². The molecular weight excluding hydrogens is 364 g/mol. The molecular formula is C15H24N4O4S2. The van der Waals surface area contributed by atoms with Gasteiger partial charge < -0.3 is 5.11 Å². The maximum absolute atomic E-state index is 12.9. The van der Waals surface area contributed by atoms with E-state index < -0.39 is 16.1 Å². The number of aromatic nitrogens is 1. The highest BCUT2D eigenvalue weighted by molar-refractivity contribution is 7.86. The maximum atomic E-state index is 12.9. The number of hydrogen-bond acceptors (Lipinski definition) is 6. The first-order chi connectivity index (χ1) is 11.8. The summed E-state index contributed by atoms with van der Waals surface area (Å²) in [5.41, 5.74) is 0. The molecule has 1 N–H and O–H groups in total. The van der Waals surface area contributed by atoms with Crippen molar-refractivity contribution >= 4 is 32.6 Å². The second kappa shape index (κ2) is 6.92. The zero-order chi connectivity index (χ0) is 18.4. The van der Waals surface area contributed by atoms with Gasteiger partial charge in [0.05, 0.1) is 29.5 Å². The fourth-order valence-electron chi connectivity index (χ4n) is 3.76. The number of carbonyl (C=O) groups is 1. The summed E-state index contributed by atoms with van der Waals surface area (Å²) in [6, 6.07) is -0.580. The minimum atomic E-state index is -3.59. The maximum Gasteiger partial charge on any atom is 0.282 e. The van der Waals surface area contributed by atoms with Gasteiger partial charge in [-0.25, -0.2) is 4.98 Å². The van der Waals surface area contributed by atoms with E-state index in [-0.39, 0.29) is 24.6 Å². The lowest BCUT2D eigenvalue weighted by Crippen LogP contribution is -2.48. The minimum Gasteiger partial charge on any atom is -0.391 e. The SMILES string of the molecule is CCCN(C)S(=O)(=O)N1CC[C@H]2[C@H]1[C@H](C)C(=O)N2c1ncc(CO)s1. The van der Waals surface area contributed by atoms with E-state index in [1.807, 2.05) is 6.92 Å². The third-order valence-electron chi connectivity index (χ3n) is 4.97. The van der Waals surface area contributed by atoms with Gasteiger partial charge in [0.25, 0.3) is 10.2 Å². The molecule has 0 spiro atoms. The quantitative estimate of drug-likeness (QED) is 0.772. The molecule has 0 aliphatic carbocycles. The zero-order valence-corrected chi connectivity index (χ0v) is 16.3. The van der Waals surface area contributed by atoms with Gasteiger partial charge in [-0.05, 0) is 12.8 Å². The Labute approximate surface area is 152 Å². The van der Waals surface area contributed by atoms with E-state index in [0.717, 1.165) is 6.42 Å². The van der Waals surface area contributed by atoms with Gasteiger partial charge >= 0.3 is 0 Å². The van der Waals surface area contributed by atoms with Crippen LogP contribution in [0.1, 0.15) is 31.6 Å². The molecule has 1 aromatic rings. The van der Waals surface area contributed by atoms with Crippen molar-refractivity contribution < 1.29 is 18.3 Å². The first-order valence-electron chi connectivity index (χ1n) is 8.44. The molecule has 0 bridgehead atoms. The average molecular weight is 389 g/mol. The fourth-order valence-corrected chi connectivity index (χ4v) is 6.33. The molecule has 2 saturated heterocycles. The second-order valence-electron chi connectivity index (χ2n) is 6.55. The normalized spacial score (nSPS) is 27.5. The van der Waals surface area contributed by atoms with E-state index in [1.54, 1.807) is 25.1 Å². The molecule has 0 aromatic carbocycles. The molecule has 0 unspecified atom stereocenters. The van der Waals surface area contributed by atoms with Crippen LogP contribution in [-0.2, 0) is 21.6 Å². The molecule has 8 nitrogen and oxygen atoms in total. The predicted octanol–water partition coefficient (Wildman–Crippen LogP) is 0.648. The second-order valence-corrected chi connectivity index (χ2v) is 9.63. The molecule has 140 valence electrons. The standard InChI is InChI=1S/C15H24N4O4S2/c1-4-6-17(3)25(22,23)18-7-5-12-13(18)10(2)14(21)19(12)15-16-8-11(9-20)24-15/h8,10,12-13,20H,4-7,9H2,1-3H3/t10-,12-,13+/m0/s1. The number of nitrogens with zero attached hydrogens (tertiary/aromatic N) is 4. The van der Waals surface area contributed by atoms with Crippen LogP contribution in [0, 0.1) is 5.92 Å². The highest BCUT2D eigenvalue weighted by atomic mass is 32.2. The largest absolute Gasteiger partial charge is 0.391 e. The number of hydrogen-bond donors (Lipinski definition) is 1. The molecule has 3 heterocycles. The Morgan fingerprint density at radius 2 is 2.20 bits per heavy atom. The average Bonchev–Trinajstić information content (AvgIpc) is 3.26. The van der Waals surface area contributed by atoms with Crippen LogP contribution in [0.5, 0.6) is 0 Å². The number of fused-ring (bicyclic) bond motifs is 1. The number of thiazole rings is 1. The number of amides is 1. The van der Waals surface area contributed by atoms with E-state index in [1.165, 1.54) is 19.9 Å². The van der Waals surface area contributed by atoms with Gasteiger partial charge in [-0.3, -0.25) is 9.69 Å². The van der Waals surface area contributed by atoms with Crippen molar-refractivity contribution in [2.75, 3.05) is 25.0 Å². The molecule has 1 amide bonds. The summed E-state index contributed by atoms with van der Waals surface area (Å²) in [7, 11) is -2.00. The summed E-state index contributed by atoms with van der Waals surface area (Å²) >= 11 is 1.27. The van der Waals surface area contributed by atoms with E-state index in [0.29, 0.717) is 29.5 Å². The van der Waals surface area contributed by atoms with Crippen LogP contribution in [0.25, 0.3) is 0 Å². The van der Waals surface area contributed by atoms with E-state index >= 15 is 0 Å². The van der Waals surface area contributed by atoms with Gasteiger partial charge in [0.2, 0.25) is 5.91 Å². The van der Waals surface area contributed by atoms with E-state index in [9.17, 15) is 18.3 Å². The Kier molecular flexibility index (Phi) is 5.18. The van der Waals surface area contributed by atoms with E-state index in [4.69, 9.17) is 0 Å². The number of aliphatic hydroxyl groups excluding tert-OH is 1. The van der Waals surface area contributed by atoms with Crippen LogP contribution in [-0.4, -0.2) is 65.2 Å². The van der Waals surface area contributed by atoms with Crippen LogP contribution < -0.4 is 4.90 Å². The van der Waals surface area contributed by atoms with Gasteiger partial charge in [-0.1, -0.05) is 25.2 Å². The first-order valence-corrected chi connectivity index (χ1v) is 10.7. The lowest BCUT2D eigenvalue weighted by Gasteiger charge is -2.29. The smallest absolute Gasteiger partial charge is 0.282 e. The van der Waals surface area contributed by atoms with Crippen LogP contribution in [0.3, 0.4) is 0 Å². The van der Waals surface area contributed by atoms with Crippen molar-refractivity contribution in [1.82, 2.24) is 13.6 Å². The predicted molar refractivity (Wildman–Crippen MR) is 95.4 cm³/mol. The molecule has 0 radical (unpaired) electrons. The Morgan fingerprint density at radius 3 is 2.80 bits per heavy atom. The van der Waals surface area contributed by atoms with Crippen LogP contribution >= 0.6 is 11.3 Å². The molecule has 3 rings (SSSR count). The molecule has 0 saturated carbocycles. The van der Waals surface area contributed by atoms with Crippen LogP contribution in [0.2, 0.25) is 0 Å². The molecule has 2 fully saturated rings. The van der Waals surface area contributed by atoms with Gasteiger partial charge in [0.1, 0.15) is 0 Å². The van der Waals surface area contributed by atoms with Crippen molar-refractivity contribution in [2.24, 2.45) is 5.92 Å². The molecule has 25 heavy (non-hydrogen) atoms. The number of anilines is 1. The highest BCUT2D eigenvalue weighted by Crippen LogP contribution is 2.41. The Balaban J connectivity index is 1.90. The Morgan fingerprint density at radius 1 is 1.48 bits per heavy atom. The molecule has 1 aromatic heterocycles. The summed E-state index contributed by atoms with van der Waals surface area (Å²) in [5, 5.41) is 9.77. The van der Waals surface area contributed by atoms with Crippen molar-refractivity contribution in [1.29, 1.82) is 0 Å². The van der Waals surface area contributed by atoms with E-state index in [2.05, 4.69) is 4.98 Å². The molecule has 3 atom stereocenters. The summed E-state index contributed by atoms with van der Waals surface area (Å²) in [6.07, 6.45) is 2.89. The van der Waals surface area contributed by atoms with Crippen molar-refractivity contribution in [3.05, 3.63) is 11.1 Å². The molecule has 2 aliphatic heterocycles. The third-order valence-corrected chi connectivity index (χ3v) is 7.95. The monoisotopic (exact) mass is 388 g/mol. The zero-order valence-electron chi connectivity index (χ0n) is 14.6. The van der Waals surface area contributed by atoms with Gasteiger partial charge in [0.15, 0.2) is 5.13 Å². The van der Waals surface area contributed by atoms with Crippen molar-refractivity contribution in [3.63, 3.8) is 0 Å². The van der Waals surface area contributed by atoms with Crippen molar-refractivity contribution in [2.45, 2.75) is 45.4 Å². The summed E-state index contributed by atoms with van der Waals surface area (Å²) in [4.78, 5) is 19.3. The lowest BCUT2D eigenvalue weighted by molar-refractivity contribution is -0.120. The summed E-state index contributed by atoms with van der Waals surface area (Å²) in [5.74, 6) is -0.523.